The Morgan fingerprint density at radius 1 is 1.56 bits per heavy atom. The van der Waals surface area contributed by atoms with Crippen molar-refractivity contribution in [2.75, 3.05) is 6.61 Å². The molecule has 3 nitrogen and oxygen atoms in total. The van der Waals surface area contributed by atoms with E-state index in [4.69, 9.17) is 4.74 Å². The van der Waals surface area contributed by atoms with Crippen molar-refractivity contribution < 1.29 is 18.1 Å². The lowest BCUT2D eigenvalue weighted by molar-refractivity contribution is -0.142. The van der Waals surface area contributed by atoms with Gasteiger partial charge in [0.25, 0.3) is 0 Å². The number of hydrogen-bond donors (Lipinski definition) is 0. The van der Waals surface area contributed by atoms with Gasteiger partial charge in [0, 0.05) is 4.90 Å². The van der Waals surface area contributed by atoms with Crippen molar-refractivity contribution in [1.29, 1.82) is 0 Å². The molecule has 2 atom stereocenters. The van der Waals surface area contributed by atoms with Gasteiger partial charge in [0.05, 0.1) is 17.4 Å². The molecular weight excluding hydrogens is 231 g/mol. The van der Waals surface area contributed by atoms with Crippen LogP contribution in [0.3, 0.4) is 0 Å². The zero-order chi connectivity index (χ0) is 12.1. The molecule has 0 aliphatic carbocycles. The molecule has 5 heteroatoms. The molecule has 0 saturated heterocycles. The van der Waals surface area contributed by atoms with Crippen LogP contribution in [0.2, 0.25) is 0 Å². The number of ether oxygens (including phenoxy) is 1. The summed E-state index contributed by atoms with van der Waals surface area (Å²) in [7, 11) is -1.58. The molecule has 1 aromatic rings. The van der Waals surface area contributed by atoms with E-state index in [0.29, 0.717) is 4.90 Å². The number of hydrogen-bond acceptors (Lipinski definition) is 3. The summed E-state index contributed by atoms with van der Waals surface area (Å²) in [6, 6.07) is 5.40. The Bertz CT molecular complexity index is 406. The van der Waals surface area contributed by atoms with Crippen LogP contribution in [0, 0.1) is 5.82 Å². The van der Waals surface area contributed by atoms with Crippen molar-refractivity contribution in [2.45, 2.75) is 24.0 Å². The molecule has 1 aromatic carbocycles. The summed E-state index contributed by atoms with van der Waals surface area (Å²) in [5.74, 6) is -1.01. The van der Waals surface area contributed by atoms with E-state index < -0.39 is 27.8 Å². The highest BCUT2D eigenvalue weighted by Gasteiger charge is 2.22. The van der Waals surface area contributed by atoms with Crippen LogP contribution in [0.1, 0.15) is 13.8 Å². The van der Waals surface area contributed by atoms with Crippen LogP contribution >= 0.6 is 0 Å². The van der Waals surface area contributed by atoms with Crippen molar-refractivity contribution >= 4 is 16.8 Å². The normalized spacial score (nSPS) is 14.2. The minimum Gasteiger partial charge on any atom is -0.465 e. The second kappa shape index (κ2) is 5.75. The molecule has 0 unspecified atom stereocenters. The largest absolute Gasteiger partial charge is 0.465 e. The average molecular weight is 244 g/mol. The Kier molecular flexibility index (Phi) is 4.61. The van der Waals surface area contributed by atoms with Gasteiger partial charge in [-0.3, -0.25) is 9.00 Å². The van der Waals surface area contributed by atoms with Crippen LogP contribution in [0.5, 0.6) is 0 Å². The minimum absolute atomic E-state index is 0.240. The molecule has 0 N–H and O–H groups in total. The first-order valence-corrected chi connectivity index (χ1v) is 6.10. The van der Waals surface area contributed by atoms with Gasteiger partial charge in [-0.05, 0) is 32.0 Å². The fraction of sp³-hybridized carbons (Fsp3) is 0.364. The highest BCUT2D eigenvalue weighted by Crippen LogP contribution is 2.13. The van der Waals surface area contributed by atoms with E-state index >= 15 is 0 Å². The van der Waals surface area contributed by atoms with E-state index in [9.17, 15) is 13.4 Å². The third-order valence-electron chi connectivity index (χ3n) is 1.97. The lowest BCUT2D eigenvalue weighted by Crippen LogP contribution is -2.25. The number of carbonyl (C=O) groups excluding carboxylic acids is 1. The Hall–Kier alpha value is -1.23. The first-order valence-electron chi connectivity index (χ1n) is 4.89. The van der Waals surface area contributed by atoms with Crippen molar-refractivity contribution in [3.63, 3.8) is 0 Å². The van der Waals surface area contributed by atoms with Gasteiger partial charge in [0.15, 0.2) is 0 Å². The molecule has 88 valence electrons. The van der Waals surface area contributed by atoms with Crippen molar-refractivity contribution in [2.24, 2.45) is 0 Å². The topological polar surface area (TPSA) is 43.4 Å². The first-order chi connectivity index (χ1) is 7.56. The van der Waals surface area contributed by atoms with E-state index in [0.717, 1.165) is 6.07 Å². The second-order valence-corrected chi connectivity index (χ2v) is 4.92. The van der Waals surface area contributed by atoms with Crippen LogP contribution in [-0.2, 0) is 20.3 Å². The maximum Gasteiger partial charge on any atom is 0.321 e. The zero-order valence-corrected chi connectivity index (χ0v) is 9.92. The van der Waals surface area contributed by atoms with E-state index in [2.05, 4.69) is 0 Å². The summed E-state index contributed by atoms with van der Waals surface area (Å²) in [5.41, 5.74) is 0. The molecule has 0 aromatic heterocycles. The van der Waals surface area contributed by atoms with Crippen LogP contribution in [0.4, 0.5) is 4.39 Å². The minimum atomic E-state index is -1.58. The SMILES string of the molecule is CCOC(=O)[C@@H](C)[S@@](=O)c1cccc(F)c1. The molecule has 0 heterocycles. The maximum absolute atomic E-state index is 12.9. The van der Waals surface area contributed by atoms with Gasteiger partial charge < -0.3 is 4.74 Å². The molecule has 0 saturated carbocycles. The Balaban J connectivity index is 2.82. The van der Waals surface area contributed by atoms with Crippen molar-refractivity contribution in [3.05, 3.63) is 30.1 Å². The molecule has 0 aliphatic rings. The van der Waals surface area contributed by atoms with Gasteiger partial charge >= 0.3 is 5.97 Å². The first kappa shape index (κ1) is 12.8. The highest BCUT2D eigenvalue weighted by molar-refractivity contribution is 7.86. The molecule has 0 radical (unpaired) electrons. The van der Waals surface area contributed by atoms with Crippen molar-refractivity contribution in [1.82, 2.24) is 0 Å². The Morgan fingerprint density at radius 3 is 2.81 bits per heavy atom. The molecule has 0 aliphatic heterocycles. The summed E-state index contributed by atoms with van der Waals surface area (Å²) in [6.45, 7) is 3.41. The summed E-state index contributed by atoms with van der Waals surface area (Å²) in [5, 5.41) is -0.790. The fourth-order valence-electron chi connectivity index (χ4n) is 1.14. The second-order valence-electron chi connectivity index (χ2n) is 3.15. The summed E-state index contributed by atoms with van der Waals surface area (Å²) in [6.07, 6.45) is 0. The number of carbonyl (C=O) groups is 1. The maximum atomic E-state index is 12.9. The van der Waals surface area contributed by atoms with Crippen LogP contribution in [0.15, 0.2) is 29.2 Å². The lowest BCUT2D eigenvalue weighted by Gasteiger charge is -2.10. The quantitative estimate of drug-likeness (QED) is 0.760. The number of benzene rings is 1. The van der Waals surface area contributed by atoms with E-state index in [1.165, 1.54) is 25.1 Å². The van der Waals surface area contributed by atoms with Crippen LogP contribution < -0.4 is 0 Å². The van der Waals surface area contributed by atoms with Crippen molar-refractivity contribution in [3.8, 4) is 0 Å². The number of halogens is 1. The molecule has 1 rings (SSSR count). The van der Waals surface area contributed by atoms with E-state index in [1.54, 1.807) is 6.92 Å². The molecular formula is C11H13FO3S. The zero-order valence-electron chi connectivity index (χ0n) is 9.10. The smallest absolute Gasteiger partial charge is 0.321 e. The predicted molar refractivity (Wildman–Crippen MR) is 58.9 cm³/mol. The standard InChI is InChI=1S/C11H13FO3S/c1-3-15-11(13)8(2)16(14)10-6-4-5-9(12)7-10/h4-8H,3H2,1-2H3/t8-,16-/m1/s1. The van der Waals surface area contributed by atoms with Gasteiger partial charge in [-0.2, -0.15) is 0 Å². The summed E-state index contributed by atoms with van der Waals surface area (Å²) < 4.78 is 29.5. The van der Waals surface area contributed by atoms with Crippen LogP contribution in [0.25, 0.3) is 0 Å². The molecule has 0 amide bonds. The van der Waals surface area contributed by atoms with E-state index in [1.807, 2.05) is 0 Å². The summed E-state index contributed by atoms with van der Waals surface area (Å²) >= 11 is 0. The van der Waals surface area contributed by atoms with Gasteiger partial charge in [0.1, 0.15) is 11.1 Å². The monoisotopic (exact) mass is 244 g/mol. The van der Waals surface area contributed by atoms with Gasteiger partial charge in [-0.1, -0.05) is 6.07 Å². The predicted octanol–water partition coefficient (Wildman–Crippen LogP) is 1.88. The lowest BCUT2D eigenvalue weighted by atomic mass is 10.3. The molecule has 16 heavy (non-hydrogen) atoms. The van der Waals surface area contributed by atoms with Crippen LogP contribution in [-0.4, -0.2) is 22.0 Å². The van der Waals surface area contributed by atoms with Gasteiger partial charge in [-0.15, -0.1) is 0 Å². The third-order valence-corrected chi connectivity index (χ3v) is 3.52. The molecule has 0 bridgehead atoms. The molecule has 0 fully saturated rings. The van der Waals surface area contributed by atoms with Gasteiger partial charge in [0.2, 0.25) is 0 Å². The summed E-state index contributed by atoms with van der Waals surface area (Å²) in [4.78, 5) is 11.6. The van der Waals surface area contributed by atoms with E-state index in [-0.39, 0.29) is 6.61 Å². The number of rotatable bonds is 4. The fourth-order valence-corrected chi connectivity index (χ4v) is 2.24. The third kappa shape index (κ3) is 3.13. The Morgan fingerprint density at radius 2 is 2.25 bits per heavy atom. The Labute approximate surface area is 96.1 Å². The average Bonchev–Trinajstić information content (AvgIpc) is 2.27. The molecule has 0 spiro atoms. The number of esters is 1. The van der Waals surface area contributed by atoms with Gasteiger partial charge in [-0.25, -0.2) is 4.39 Å². The highest BCUT2D eigenvalue weighted by atomic mass is 32.2.